The lowest BCUT2D eigenvalue weighted by Crippen LogP contribution is -2.24. The van der Waals surface area contributed by atoms with Crippen molar-refractivity contribution < 1.29 is 0 Å². The average Bonchev–Trinajstić information content (AvgIpc) is 2.41. The number of hydrazine groups is 1. The van der Waals surface area contributed by atoms with E-state index in [9.17, 15) is 0 Å². The van der Waals surface area contributed by atoms with E-state index in [0.717, 1.165) is 32.1 Å². The molecule has 2 rings (SSSR count). The predicted molar refractivity (Wildman–Crippen MR) is 94.6 cm³/mol. The van der Waals surface area contributed by atoms with Gasteiger partial charge in [-0.1, -0.05) is 39.7 Å². The number of benzene rings is 2. The molecule has 0 aromatic heterocycles. The van der Waals surface area contributed by atoms with E-state index in [1.807, 2.05) is 56.4 Å². The Morgan fingerprint density at radius 3 is 2.38 bits per heavy atom. The van der Waals surface area contributed by atoms with E-state index in [4.69, 9.17) is 17.4 Å². The van der Waals surface area contributed by atoms with E-state index in [1.165, 1.54) is 0 Å². The molecule has 0 saturated carbocycles. The van der Waals surface area contributed by atoms with Gasteiger partial charge in [0.1, 0.15) is 0 Å². The molecule has 0 bridgehead atoms. The number of hydrogen-bond acceptors (Lipinski definition) is 3. The molecule has 21 heavy (non-hydrogen) atoms. The lowest BCUT2D eigenvalue weighted by Gasteiger charge is -2.19. The number of rotatable bonds is 4. The standard InChI is InChI=1S/C16H17BrClN3/c1-11(17)16(21(2)19)12-4-3-5-15(10-12)20-14-8-6-13(18)7-9-14/h3-10,20H,19H2,1-2H3/b16-11+. The quantitative estimate of drug-likeness (QED) is 0.593. The first kappa shape index (κ1) is 15.9. The van der Waals surface area contributed by atoms with Gasteiger partial charge in [-0.3, -0.25) is 0 Å². The minimum absolute atomic E-state index is 0.721. The fourth-order valence-electron chi connectivity index (χ4n) is 2.09. The van der Waals surface area contributed by atoms with Crippen LogP contribution < -0.4 is 11.2 Å². The number of nitrogens with two attached hydrogens (primary N) is 1. The van der Waals surface area contributed by atoms with Crippen molar-refractivity contribution in [2.24, 2.45) is 5.84 Å². The monoisotopic (exact) mass is 365 g/mol. The highest BCUT2D eigenvalue weighted by molar-refractivity contribution is 9.11. The van der Waals surface area contributed by atoms with E-state index in [0.29, 0.717) is 0 Å². The lowest BCUT2D eigenvalue weighted by atomic mass is 10.1. The summed E-state index contributed by atoms with van der Waals surface area (Å²) in [4.78, 5) is 0. The molecule has 2 aromatic carbocycles. The van der Waals surface area contributed by atoms with Gasteiger partial charge in [0.15, 0.2) is 0 Å². The summed E-state index contributed by atoms with van der Waals surface area (Å²) in [7, 11) is 1.82. The number of allylic oxidation sites excluding steroid dienone is 1. The topological polar surface area (TPSA) is 41.3 Å². The van der Waals surface area contributed by atoms with Crippen molar-refractivity contribution in [2.75, 3.05) is 12.4 Å². The van der Waals surface area contributed by atoms with Crippen LogP contribution in [0.2, 0.25) is 5.02 Å². The van der Waals surface area contributed by atoms with Crippen LogP contribution in [-0.2, 0) is 0 Å². The molecule has 3 N–H and O–H groups in total. The summed E-state index contributed by atoms with van der Waals surface area (Å²) in [5.41, 5.74) is 3.95. The van der Waals surface area contributed by atoms with Crippen LogP contribution in [0.4, 0.5) is 11.4 Å². The molecule has 2 aromatic rings. The van der Waals surface area contributed by atoms with E-state index >= 15 is 0 Å². The molecule has 3 nitrogen and oxygen atoms in total. The van der Waals surface area contributed by atoms with Crippen molar-refractivity contribution in [1.29, 1.82) is 0 Å². The van der Waals surface area contributed by atoms with Gasteiger partial charge >= 0.3 is 0 Å². The van der Waals surface area contributed by atoms with Crippen LogP contribution >= 0.6 is 27.5 Å². The molecule has 0 saturated heterocycles. The van der Waals surface area contributed by atoms with Gasteiger partial charge in [-0.2, -0.15) is 0 Å². The molecule has 0 fully saturated rings. The molecule has 0 aliphatic heterocycles. The van der Waals surface area contributed by atoms with Crippen molar-refractivity contribution in [2.45, 2.75) is 6.92 Å². The zero-order valence-electron chi connectivity index (χ0n) is 11.9. The molecular formula is C16H17BrClN3. The molecule has 0 radical (unpaired) electrons. The summed E-state index contributed by atoms with van der Waals surface area (Å²) in [6, 6.07) is 15.7. The molecule has 0 amide bonds. The third-order valence-corrected chi connectivity index (χ3v) is 3.58. The van der Waals surface area contributed by atoms with Gasteiger partial charge in [0.05, 0.1) is 5.70 Å². The highest BCUT2D eigenvalue weighted by Crippen LogP contribution is 2.27. The van der Waals surface area contributed by atoms with Gasteiger partial charge in [-0.05, 0) is 43.3 Å². The third-order valence-electron chi connectivity index (χ3n) is 2.95. The molecule has 0 aliphatic carbocycles. The van der Waals surface area contributed by atoms with Crippen LogP contribution in [0.15, 0.2) is 53.0 Å². The Hall–Kier alpha value is -1.49. The highest BCUT2D eigenvalue weighted by Gasteiger charge is 2.08. The van der Waals surface area contributed by atoms with Crippen molar-refractivity contribution in [3.05, 3.63) is 63.6 Å². The zero-order chi connectivity index (χ0) is 15.4. The second kappa shape index (κ2) is 6.98. The summed E-state index contributed by atoms with van der Waals surface area (Å²) < 4.78 is 0.983. The maximum Gasteiger partial charge on any atom is 0.0685 e. The van der Waals surface area contributed by atoms with Crippen LogP contribution in [-0.4, -0.2) is 12.1 Å². The SMILES string of the molecule is C/C(Br)=C(/c1cccc(Nc2ccc(Cl)cc2)c1)N(C)N. The molecule has 0 heterocycles. The minimum Gasteiger partial charge on any atom is -0.356 e. The van der Waals surface area contributed by atoms with Crippen molar-refractivity contribution in [3.8, 4) is 0 Å². The number of nitrogens with zero attached hydrogens (tertiary/aromatic N) is 1. The maximum atomic E-state index is 5.90. The third kappa shape index (κ3) is 4.24. The number of halogens is 2. The minimum atomic E-state index is 0.721. The van der Waals surface area contributed by atoms with Gasteiger partial charge < -0.3 is 10.3 Å². The van der Waals surface area contributed by atoms with Gasteiger partial charge in [-0.25, -0.2) is 5.84 Å². The molecule has 0 aliphatic rings. The number of nitrogens with one attached hydrogen (secondary N) is 1. The molecular weight excluding hydrogens is 350 g/mol. The smallest absolute Gasteiger partial charge is 0.0685 e. The molecule has 110 valence electrons. The van der Waals surface area contributed by atoms with Crippen molar-refractivity contribution in [1.82, 2.24) is 5.01 Å². The van der Waals surface area contributed by atoms with Crippen molar-refractivity contribution >= 4 is 44.6 Å². The largest absolute Gasteiger partial charge is 0.356 e. The second-order valence-electron chi connectivity index (χ2n) is 4.71. The molecule has 0 atom stereocenters. The Morgan fingerprint density at radius 1 is 1.14 bits per heavy atom. The normalized spacial score (nSPS) is 11.9. The molecule has 0 spiro atoms. The first-order valence-electron chi connectivity index (χ1n) is 6.45. The fourth-order valence-corrected chi connectivity index (χ4v) is 2.72. The summed E-state index contributed by atoms with van der Waals surface area (Å²) in [5, 5.41) is 5.67. The van der Waals surface area contributed by atoms with E-state index < -0.39 is 0 Å². The van der Waals surface area contributed by atoms with Gasteiger partial charge in [0.25, 0.3) is 0 Å². The summed E-state index contributed by atoms with van der Waals surface area (Å²) in [5.74, 6) is 5.90. The zero-order valence-corrected chi connectivity index (χ0v) is 14.2. The lowest BCUT2D eigenvalue weighted by molar-refractivity contribution is 0.510. The van der Waals surface area contributed by atoms with Gasteiger partial charge in [-0.15, -0.1) is 0 Å². The van der Waals surface area contributed by atoms with E-state index in [2.05, 4.69) is 27.3 Å². The Balaban J connectivity index is 2.29. The second-order valence-corrected chi connectivity index (χ2v) is 6.33. The maximum absolute atomic E-state index is 5.90. The average molecular weight is 367 g/mol. The molecule has 0 unspecified atom stereocenters. The molecule has 5 heteroatoms. The predicted octanol–water partition coefficient (Wildman–Crippen LogP) is 4.97. The van der Waals surface area contributed by atoms with Crippen molar-refractivity contribution in [3.63, 3.8) is 0 Å². The van der Waals surface area contributed by atoms with E-state index in [1.54, 1.807) is 5.01 Å². The van der Waals surface area contributed by atoms with E-state index in [-0.39, 0.29) is 0 Å². The number of anilines is 2. The Bertz CT molecular complexity index is 647. The van der Waals surface area contributed by atoms with Gasteiger partial charge in [0, 0.05) is 33.5 Å². The van der Waals surface area contributed by atoms with Crippen LogP contribution in [0.3, 0.4) is 0 Å². The highest BCUT2D eigenvalue weighted by atomic mass is 79.9. The first-order chi connectivity index (χ1) is 9.97. The van der Waals surface area contributed by atoms with Crippen LogP contribution in [0, 0.1) is 0 Å². The first-order valence-corrected chi connectivity index (χ1v) is 7.62. The fraction of sp³-hybridized carbons (Fsp3) is 0.125. The summed E-state index contributed by atoms with van der Waals surface area (Å²) in [6.45, 7) is 1.97. The Labute approximate surface area is 138 Å². The Kier molecular flexibility index (Phi) is 5.28. The van der Waals surface area contributed by atoms with Crippen LogP contribution in [0.1, 0.15) is 12.5 Å². The van der Waals surface area contributed by atoms with Crippen LogP contribution in [0.25, 0.3) is 5.70 Å². The number of hydrogen-bond donors (Lipinski definition) is 2. The summed E-state index contributed by atoms with van der Waals surface area (Å²) in [6.07, 6.45) is 0. The Morgan fingerprint density at radius 2 is 1.81 bits per heavy atom. The van der Waals surface area contributed by atoms with Crippen LogP contribution in [0.5, 0.6) is 0 Å². The van der Waals surface area contributed by atoms with Gasteiger partial charge in [0.2, 0.25) is 0 Å². The summed E-state index contributed by atoms with van der Waals surface area (Å²) >= 11 is 9.39.